The van der Waals surface area contributed by atoms with Crippen LogP contribution in [-0.4, -0.2) is 5.91 Å². The third kappa shape index (κ3) is 2.26. The Morgan fingerprint density at radius 3 is 2.83 bits per heavy atom. The number of hydrogen-bond acceptors (Lipinski definition) is 1. The molecule has 2 atom stereocenters. The normalized spacial score (nSPS) is 19.5. The smallest absolute Gasteiger partial charge is 0.232 e. The van der Waals surface area contributed by atoms with Crippen LogP contribution in [0.15, 0.2) is 18.2 Å². The van der Waals surface area contributed by atoms with E-state index < -0.39 is 0 Å². The van der Waals surface area contributed by atoms with E-state index in [9.17, 15) is 9.18 Å². The van der Waals surface area contributed by atoms with Crippen molar-refractivity contribution >= 4 is 11.6 Å². The molecule has 0 radical (unpaired) electrons. The van der Waals surface area contributed by atoms with Crippen LogP contribution in [0.25, 0.3) is 0 Å². The summed E-state index contributed by atoms with van der Waals surface area (Å²) in [5, 5.41) is 2.69. The summed E-state index contributed by atoms with van der Waals surface area (Å²) in [6.45, 7) is 4.25. The van der Waals surface area contributed by atoms with Crippen molar-refractivity contribution in [2.75, 3.05) is 5.32 Å². The van der Waals surface area contributed by atoms with E-state index in [2.05, 4.69) is 19.2 Å². The fourth-order valence-electron chi connectivity index (χ4n) is 2.81. The molecule has 1 aromatic rings. The number of unbranched alkanes of at least 4 members (excludes halogenated alkanes) is 1. The zero-order chi connectivity index (χ0) is 13.1. The second-order valence-electron chi connectivity index (χ2n) is 4.98. The molecule has 1 aliphatic rings. The van der Waals surface area contributed by atoms with Gasteiger partial charge in [-0.25, -0.2) is 4.39 Å². The summed E-state index contributed by atoms with van der Waals surface area (Å²) in [6.07, 6.45) is 4.23. The van der Waals surface area contributed by atoms with Crippen LogP contribution in [0.2, 0.25) is 0 Å². The Labute approximate surface area is 108 Å². The summed E-state index contributed by atoms with van der Waals surface area (Å²) < 4.78 is 13.6. The van der Waals surface area contributed by atoms with E-state index in [1.165, 1.54) is 6.07 Å². The van der Waals surface area contributed by atoms with Gasteiger partial charge in [0.15, 0.2) is 0 Å². The first kappa shape index (κ1) is 13.1. The van der Waals surface area contributed by atoms with Gasteiger partial charge in [-0.3, -0.25) is 4.79 Å². The van der Waals surface area contributed by atoms with Crippen molar-refractivity contribution in [1.82, 2.24) is 0 Å². The molecule has 0 saturated carbocycles. The maximum Gasteiger partial charge on any atom is 0.232 e. The highest BCUT2D eigenvalue weighted by Gasteiger charge is 2.36. The summed E-state index contributed by atoms with van der Waals surface area (Å²) >= 11 is 0. The molecule has 0 spiro atoms. The first-order chi connectivity index (χ1) is 8.69. The third-order valence-corrected chi connectivity index (χ3v) is 3.84. The number of anilines is 1. The van der Waals surface area contributed by atoms with Gasteiger partial charge in [0.2, 0.25) is 5.91 Å². The van der Waals surface area contributed by atoms with Gasteiger partial charge in [-0.15, -0.1) is 0 Å². The SMILES string of the molecule is CCCCC(CC)C1C(=O)Nc2c(F)cccc21. The first-order valence-electron chi connectivity index (χ1n) is 6.78. The molecule has 0 fully saturated rings. The molecule has 1 amide bonds. The number of amides is 1. The number of carbonyl (C=O) groups excluding carboxylic acids is 1. The lowest BCUT2D eigenvalue weighted by atomic mass is 9.82. The van der Waals surface area contributed by atoms with E-state index in [4.69, 9.17) is 0 Å². The lowest BCUT2D eigenvalue weighted by molar-refractivity contribution is -0.118. The van der Waals surface area contributed by atoms with Crippen molar-refractivity contribution in [3.8, 4) is 0 Å². The van der Waals surface area contributed by atoms with Crippen LogP contribution in [0.1, 0.15) is 51.0 Å². The van der Waals surface area contributed by atoms with Crippen LogP contribution in [-0.2, 0) is 4.79 Å². The minimum atomic E-state index is -0.325. The van der Waals surface area contributed by atoms with Crippen LogP contribution in [0.5, 0.6) is 0 Å². The molecule has 0 saturated heterocycles. The summed E-state index contributed by atoms with van der Waals surface area (Å²) in [4.78, 5) is 12.1. The van der Waals surface area contributed by atoms with Gasteiger partial charge in [0.1, 0.15) is 5.82 Å². The molecule has 18 heavy (non-hydrogen) atoms. The van der Waals surface area contributed by atoms with Crippen molar-refractivity contribution in [3.05, 3.63) is 29.6 Å². The summed E-state index contributed by atoms with van der Waals surface area (Å²) in [7, 11) is 0. The van der Waals surface area contributed by atoms with Crippen LogP contribution >= 0.6 is 0 Å². The predicted molar refractivity (Wildman–Crippen MR) is 71.1 cm³/mol. The first-order valence-corrected chi connectivity index (χ1v) is 6.78. The van der Waals surface area contributed by atoms with Crippen molar-refractivity contribution < 1.29 is 9.18 Å². The van der Waals surface area contributed by atoms with Gasteiger partial charge in [-0.05, 0) is 24.0 Å². The maximum absolute atomic E-state index is 13.6. The fraction of sp³-hybridized carbons (Fsp3) is 0.533. The fourth-order valence-corrected chi connectivity index (χ4v) is 2.81. The molecule has 1 aliphatic heterocycles. The molecule has 1 aromatic carbocycles. The average molecular weight is 249 g/mol. The van der Waals surface area contributed by atoms with Gasteiger partial charge in [0.25, 0.3) is 0 Å². The van der Waals surface area contributed by atoms with Gasteiger partial charge in [-0.2, -0.15) is 0 Å². The number of hydrogen-bond donors (Lipinski definition) is 1. The lowest BCUT2D eigenvalue weighted by Gasteiger charge is -2.20. The van der Waals surface area contributed by atoms with Crippen molar-refractivity contribution in [2.24, 2.45) is 5.92 Å². The molecule has 0 aliphatic carbocycles. The molecule has 3 heteroatoms. The Bertz CT molecular complexity index is 444. The quantitative estimate of drug-likeness (QED) is 0.837. The van der Waals surface area contributed by atoms with E-state index >= 15 is 0 Å². The molecule has 2 nitrogen and oxygen atoms in total. The second-order valence-corrected chi connectivity index (χ2v) is 4.98. The number of fused-ring (bicyclic) bond motifs is 1. The third-order valence-electron chi connectivity index (χ3n) is 3.84. The highest BCUT2D eigenvalue weighted by Crippen LogP contribution is 2.41. The minimum Gasteiger partial charge on any atom is -0.323 e. The van der Waals surface area contributed by atoms with Crippen molar-refractivity contribution in [1.29, 1.82) is 0 Å². The maximum atomic E-state index is 13.6. The standard InChI is InChI=1S/C15H20FNO/c1-3-5-7-10(4-2)13-11-8-6-9-12(16)14(11)17-15(13)18/h6,8-10,13H,3-5,7H2,1-2H3,(H,17,18). The Kier molecular flexibility index (Phi) is 4.00. The van der Waals surface area contributed by atoms with Gasteiger partial charge in [0, 0.05) is 0 Å². The Hall–Kier alpha value is -1.38. The number of carbonyl (C=O) groups is 1. The Balaban J connectivity index is 2.29. The minimum absolute atomic E-state index is 0.0435. The highest BCUT2D eigenvalue weighted by atomic mass is 19.1. The average Bonchev–Trinajstić information content (AvgIpc) is 2.69. The second kappa shape index (κ2) is 5.51. The van der Waals surface area contributed by atoms with Gasteiger partial charge < -0.3 is 5.32 Å². The Morgan fingerprint density at radius 2 is 2.17 bits per heavy atom. The molecular weight excluding hydrogens is 229 g/mol. The Morgan fingerprint density at radius 1 is 1.39 bits per heavy atom. The molecule has 1 N–H and O–H groups in total. The highest BCUT2D eigenvalue weighted by molar-refractivity contribution is 6.03. The zero-order valence-corrected chi connectivity index (χ0v) is 11.0. The molecule has 98 valence electrons. The molecule has 2 unspecified atom stereocenters. The molecule has 0 aromatic heterocycles. The number of para-hydroxylation sites is 1. The topological polar surface area (TPSA) is 29.1 Å². The summed E-state index contributed by atoms with van der Waals surface area (Å²) in [5.74, 6) is -0.230. The molecule has 1 heterocycles. The number of nitrogens with one attached hydrogen (secondary N) is 1. The summed E-state index contributed by atoms with van der Waals surface area (Å²) in [5.41, 5.74) is 1.23. The summed E-state index contributed by atoms with van der Waals surface area (Å²) in [6, 6.07) is 4.96. The van der Waals surface area contributed by atoms with Crippen molar-refractivity contribution in [3.63, 3.8) is 0 Å². The predicted octanol–water partition coefficient (Wildman–Crippen LogP) is 4.08. The van der Waals surface area contributed by atoms with Crippen LogP contribution in [0.4, 0.5) is 10.1 Å². The van der Waals surface area contributed by atoms with Crippen molar-refractivity contribution in [2.45, 2.75) is 45.4 Å². The molecule has 2 rings (SSSR count). The van der Waals surface area contributed by atoms with Crippen LogP contribution < -0.4 is 5.32 Å². The van der Waals surface area contributed by atoms with Gasteiger partial charge >= 0.3 is 0 Å². The van der Waals surface area contributed by atoms with Gasteiger partial charge in [0.05, 0.1) is 11.6 Å². The van der Waals surface area contributed by atoms with E-state index in [1.54, 1.807) is 6.07 Å². The largest absolute Gasteiger partial charge is 0.323 e. The molecular formula is C15H20FNO. The number of halogens is 1. The van der Waals surface area contributed by atoms with E-state index in [1.807, 2.05) is 6.07 Å². The van der Waals surface area contributed by atoms with E-state index in [0.29, 0.717) is 11.6 Å². The monoisotopic (exact) mass is 249 g/mol. The van der Waals surface area contributed by atoms with E-state index in [-0.39, 0.29) is 17.6 Å². The zero-order valence-electron chi connectivity index (χ0n) is 11.0. The van der Waals surface area contributed by atoms with Crippen LogP contribution in [0, 0.1) is 11.7 Å². The van der Waals surface area contributed by atoms with Gasteiger partial charge in [-0.1, -0.05) is 45.2 Å². The number of rotatable bonds is 5. The van der Waals surface area contributed by atoms with E-state index in [0.717, 1.165) is 31.2 Å². The van der Waals surface area contributed by atoms with Crippen LogP contribution in [0.3, 0.4) is 0 Å². The number of benzene rings is 1. The molecule has 0 bridgehead atoms. The lowest BCUT2D eigenvalue weighted by Crippen LogP contribution is -2.20.